The highest BCUT2D eigenvalue weighted by molar-refractivity contribution is 5.98. The Morgan fingerprint density at radius 1 is 1.18 bits per heavy atom. The summed E-state index contributed by atoms with van der Waals surface area (Å²) in [6.07, 6.45) is -0.278. The fraction of sp³-hybridized carbons (Fsp3) is 0.526. The Morgan fingerprint density at radius 2 is 1.75 bits per heavy atom. The third-order valence-corrected chi connectivity index (χ3v) is 4.75. The number of carbonyl (C=O) groups excluding carboxylic acids is 2. The van der Waals surface area contributed by atoms with Crippen molar-refractivity contribution in [1.82, 2.24) is 10.2 Å². The zero-order chi connectivity index (χ0) is 21.1. The Balaban J connectivity index is 2.18. The Hall–Kier alpha value is -2.84. The number of nitrogens with one attached hydrogen (secondary N) is 1. The molecule has 1 aliphatic heterocycles. The fourth-order valence-electron chi connectivity index (χ4n) is 3.01. The van der Waals surface area contributed by atoms with Gasteiger partial charge in [-0.1, -0.05) is 13.8 Å². The summed E-state index contributed by atoms with van der Waals surface area (Å²) in [4.78, 5) is 37.7. The summed E-state index contributed by atoms with van der Waals surface area (Å²) in [5, 5.41) is 11.7. The Bertz CT molecular complexity index is 747. The van der Waals surface area contributed by atoms with Crippen molar-refractivity contribution < 1.29 is 33.4 Å². The SMILES string of the molecule is COc1cc(OC)cc(C(=O)NC(C(=O)N2CCC(F)(C(=O)O)C2)C(C)C)c1. The molecule has 28 heavy (non-hydrogen) atoms. The number of likely N-dealkylation sites (tertiary alicyclic amines) is 1. The molecule has 0 bridgehead atoms. The number of benzene rings is 1. The summed E-state index contributed by atoms with van der Waals surface area (Å²) < 4.78 is 24.6. The monoisotopic (exact) mass is 396 g/mol. The van der Waals surface area contributed by atoms with Crippen LogP contribution in [0.1, 0.15) is 30.6 Å². The van der Waals surface area contributed by atoms with Crippen LogP contribution in [-0.4, -0.2) is 66.8 Å². The number of nitrogens with zero attached hydrogens (tertiary/aromatic N) is 1. The molecule has 1 heterocycles. The Morgan fingerprint density at radius 3 is 2.18 bits per heavy atom. The molecule has 1 saturated heterocycles. The molecule has 1 aromatic rings. The molecule has 1 fully saturated rings. The number of alkyl halides is 1. The van der Waals surface area contributed by atoms with E-state index in [1.54, 1.807) is 19.9 Å². The van der Waals surface area contributed by atoms with Gasteiger partial charge in [0.15, 0.2) is 0 Å². The zero-order valence-electron chi connectivity index (χ0n) is 16.3. The maximum atomic E-state index is 14.3. The van der Waals surface area contributed by atoms with Crippen LogP contribution in [0.2, 0.25) is 0 Å². The summed E-state index contributed by atoms with van der Waals surface area (Å²) in [5.74, 6) is -2.08. The van der Waals surface area contributed by atoms with E-state index in [1.165, 1.54) is 26.4 Å². The molecule has 8 nitrogen and oxygen atoms in total. The largest absolute Gasteiger partial charge is 0.497 e. The molecular formula is C19H25FN2O6. The molecule has 0 spiro atoms. The summed E-state index contributed by atoms with van der Waals surface area (Å²) in [6.45, 7) is 2.93. The van der Waals surface area contributed by atoms with Crippen LogP contribution in [0.25, 0.3) is 0 Å². The van der Waals surface area contributed by atoms with Crippen molar-refractivity contribution in [2.45, 2.75) is 32.0 Å². The van der Waals surface area contributed by atoms with E-state index >= 15 is 0 Å². The predicted molar refractivity (Wildman–Crippen MR) is 98.3 cm³/mol. The van der Waals surface area contributed by atoms with Crippen LogP contribution in [-0.2, 0) is 9.59 Å². The molecule has 0 radical (unpaired) electrons. The lowest BCUT2D eigenvalue weighted by atomic mass is 10.0. The van der Waals surface area contributed by atoms with Crippen molar-refractivity contribution in [2.75, 3.05) is 27.3 Å². The molecule has 154 valence electrons. The number of methoxy groups -OCH3 is 2. The molecule has 0 aliphatic carbocycles. The van der Waals surface area contributed by atoms with Crippen molar-refractivity contribution >= 4 is 17.8 Å². The van der Waals surface area contributed by atoms with Gasteiger partial charge >= 0.3 is 5.97 Å². The van der Waals surface area contributed by atoms with Gasteiger partial charge in [-0.2, -0.15) is 0 Å². The molecule has 0 aromatic heterocycles. The Labute approximate surface area is 162 Å². The van der Waals surface area contributed by atoms with E-state index in [0.29, 0.717) is 11.5 Å². The van der Waals surface area contributed by atoms with E-state index in [1.807, 2.05) is 0 Å². The van der Waals surface area contributed by atoms with Crippen LogP contribution in [0.3, 0.4) is 0 Å². The van der Waals surface area contributed by atoms with Crippen molar-refractivity contribution in [2.24, 2.45) is 5.92 Å². The van der Waals surface area contributed by atoms with Crippen LogP contribution >= 0.6 is 0 Å². The molecule has 0 saturated carbocycles. The maximum Gasteiger partial charge on any atom is 0.343 e. The summed E-state index contributed by atoms with van der Waals surface area (Å²) in [7, 11) is 2.91. The van der Waals surface area contributed by atoms with E-state index in [9.17, 15) is 18.8 Å². The molecule has 2 atom stereocenters. The molecule has 2 rings (SSSR count). The van der Waals surface area contributed by atoms with Gasteiger partial charge < -0.3 is 24.8 Å². The minimum absolute atomic E-state index is 0.0201. The van der Waals surface area contributed by atoms with Gasteiger partial charge in [0.25, 0.3) is 5.91 Å². The second kappa shape index (κ2) is 8.45. The van der Waals surface area contributed by atoms with Crippen LogP contribution in [0.4, 0.5) is 4.39 Å². The lowest BCUT2D eigenvalue weighted by molar-refractivity contribution is -0.150. The van der Waals surface area contributed by atoms with Gasteiger partial charge in [-0.15, -0.1) is 0 Å². The van der Waals surface area contributed by atoms with Crippen LogP contribution in [0.5, 0.6) is 11.5 Å². The molecule has 1 aromatic carbocycles. The van der Waals surface area contributed by atoms with Crippen LogP contribution in [0, 0.1) is 5.92 Å². The summed E-state index contributed by atoms with van der Waals surface area (Å²) in [5.41, 5.74) is -2.22. The number of carbonyl (C=O) groups is 3. The normalized spacial score (nSPS) is 20.0. The first-order chi connectivity index (χ1) is 13.1. The maximum absolute atomic E-state index is 14.3. The van der Waals surface area contributed by atoms with Gasteiger partial charge in [-0.25, -0.2) is 9.18 Å². The minimum Gasteiger partial charge on any atom is -0.497 e. The van der Waals surface area contributed by atoms with Crippen molar-refractivity contribution in [3.05, 3.63) is 23.8 Å². The van der Waals surface area contributed by atoms with E-state index in [2.05, 4.69) is 5.32 Å². The number of halogens is 1. The third kappa shape index (κ3) is 4.52. The average molecular weight is 396 g/mol. The van der Waals surface area contributed by atoms with Gasteiger partial charge in [0.05, 0.1) is 20.8 Å². The van der Waals surface area contributed by atoms with Crippen molar-refractivity contribution in [3.63, 3.8) is 0 Å². The lowest BCUT2D eigenvalue weighted by Gasteiger charge is -2.27. The van der Waals surface area contributed by atoms with Crippen molar-refractivity contribution in [1.29, 1.82) is 0 Å². The number of hydrogen-bond acceptors (Lipinski definition) is 5. The number of aliphatic carboxylic acids is 1. The van der Waals surface area contributed by atoms with Crippen molar-refractivity contribution in [3.8, 4) is 11.5 Å². The second-order valence-electron chi connectivity index (χ2n) is 7.08. The number of rotatable bonds is 7. The fourth-order valence-corrected chi connectivity index (χ4v) is 3.01. The number of ether oxygens (including phenoxy) is 2. The number of carboxylic acid groups (broad SMARTS) is 1. The quantitative estimate of drug-likeness (QED) is 0.723. The van der Waals surface area contributed by atoms with E-state index in [0.717, 1.165) is 4.90 Å². The molecule has 2 amide bonds. The minimum atomic E-state index is -2.46. The topological polar surface area (TPSA) is 105 Å². The first-order valence-electron chi connectivity index (χ1n) is 8.86. The van der Waals surface area contributed by atoms with E-state index in [4.69, 9.17) is 14.6 Å². The highest BCUT2D eigenvalue weighted by Crippen LogP contribution is 2.27. The zero-order valence-corrected chi connectivity index (χ0v) is 16.3. The molecule has 9 heteroatoms. The van der Waals surface area contributed by atoms with Gasteiger partial charge in [0.1, 0.15) is 17.5 Å². The predicted octanol–water partition coefficient (Wildman–Crippen LogP) is 1.48. The first kappa shape index (κ1) is 21.5. The van der Waals surface area contributed by atoms with Crippen LogP contribution < -0.4 is 14.8 Å². The molecule has 2 unspecified atom stereocenters. The van der Waals surface area contributed by atoms with Gasteiger partial charge in [0, 0.05) is 24.6 Å². The smallest absolute Gasteiger partial charge is 0.343 e. The van der Waals surface area contributed by atoms with E-state index < -0.39 is 36.0 Å². The standard InChI is InChI=1S/C19H25FN2O6/c1-11(2)15(17(24)22-6-5-19(20,10-22)18(25)26)21-16(23)12-7-13(27-3)9-14(8-12)28-4/h7-9,11,15H,5-6,10H2,1-4H3,(H,21,23)(H,25,26). The van der Waals surface area contributed by atoms with Crippen LogP contribution in [0.15, 0.2) is 18.2 Å². The highest BCUT2D eigenvalue weighted by Gasteiger charge is 2.48. The van der Waals surface area contributed by atoms with E-state index in [-0.39, 0.29) is 24.4 Å². The first-order valence-corrected chi connectivity index (χ1v) is 8.86. The third-order valence-electron chi connectivity index (χ3n) is 4.75. The summed E-state index contributed by atoms with van der Waals surface area (Å²) >= 11 is 0. The van der Waals surface area contributed by atoms with Gasteiger partial charge in [0.2, 0.25) is 11.6 Å². The highest BCUT2D eigenvalue weighted by atomic mass is 19.1. The molecule has 2 N–H and O–H groups in total. The average Bonchev–Trinajstić information content (AvgIpc) is 3.08. The summed E-state index contributed by atoms with van der Waals surface area (Å²) in [6, 6.07) is 3.69. The van der Waals surface area contributed by atoms with Gasteiger partial charge in [-0.05, 0) is 18.1 Å². The second-order valence-corrected chi connectivity index (χ2v) is 7.08. The van der Waals surface area contributed by atoms with Gasteiger partial charge in [-0.3, -0.25) is 9.59 Å². The lowest BCUT2D eigenvalue weighted by Crippen LogP contribution is -2.51. The number of carboxylic acids is 1. The molecule has 1 aliphatic rings. The Kier molecular flexibility index (Phi) is 6.48. The number of hydrogen-bond donors (Lipinski definition) is 2. The molecular weight excluding hydrogens is 371 g/mol. The number of amides is 2.